The summed E-state index contributed by atoms with van der Waals surface area (Å²) in [6, 6.07) is 7.42. The molecule has 0 bridgehead atoms. The Kier molecular flexibility index (Phi) is 4.72. The maximum absolute atomic E-state index is 13.3. The molecule has 8 heteroatoms. The molecule has 0 saturated carbocycles. The van der Waals surface area contributed by atoms with Crippen molar-refractivity contribution >= 4 is 28.9 Å². The van der Waals surface area contributed by atoms with E-state index in [0.717, 1.165) is 40.1 Å². The van der Waals surface area contributed by atoms with Crippen LogP contribution in [0.4, 0.5) is 0 Å². The van der Waals surface area contributed by atoms with Crippen LogP contribution in [0.15, 0.2) is 35.1 Å². The summed E-state index contributed by atoms with van der Waals surface area (Å²) in [5.41, 5.74) is 2.80. The van der Waals surface area contributed by atoms with Gasteiger partial charge in [0.1, 0.15) is 6.61 Å². The van der Waals surface area contributed by atoms with Crippen LogP contribution in [0.5, 0.6) is 0 Å². The quantitative estimate of drug-likeness (QED) is 0.365. The smallest absolute Gasteiger partial charge is 0.343 e. The molecule has 3 aromatic rings. The predicted molar refractivity (Wildman–Crippen MR) is 121 cm³/mol. The molecule has 0 radical (unpaired) electrons. The van der Waals surface area contributed by atoms with E-state index < -0.39 is 17.5 Å². The number of carbonyl (C=O) groups is 2. The number of ether oxygens (including phenoxy) is 1. The molecule has 2 aliphatic heterocycles. The Labute approximate surface area is 188 Å². The van der Waals surface area contributed by atoms with Crippen molar-refractivity contribution in [1.82, 2.24) is 9.55 Å². The maximum atomic E-state index is 13.3. The SMILES string of the molecule is CCc1ccc(/C=C/C(=O)O)c2cc3c(nc12)-c1cc2c(c(=O)n1C3)COC(=O)[C@]2(O)CC. The summed E-state index contributed by atoms with van der Waals surface area (Å²) < 4.78 is 6.70. The van der Waals surface area contributed by atoms with E-state index in [4.69, 9.17) is 14.8 Å². The van der Waals surface area contributed by atoms with Crippen molar-refractivity contribution in [3.8, 4) is 11.4 Å². The minimum atomic E-state index is -1.87. The minimum Gasteiger partial charge on any atom is -0.478 e. The van der Waals surface area contributed by atoms with Crippen LogP contribution in [0.25, 0.3) is 28.4 Å². The van der Waals surface area contributed by atoms with Gasteiger partial charge in [-0.25, -0.2) is 14.6 Å². The third-order valence-corrected chi connectivity index (χ3v) is 6.58. The van der Waals surface area contributed by atoms with Gasteiger partial charge in [-0.2, -0.15) is 0 Å². The van der Waals surface area contributed by atoms with Crippen molar-refractivity contribution in [2.75, 3.05) is 0 Å². The number of carboxylic acids is 1. The first-order valence-corrected chi connectivity index (χ1v) is 10.8. The number of esters is 1. The molecule has 2 aromatic heterocycles. The zero-order valence-electron chi connectivity index (χ0n) is 18.2. The van der Waals surface area contributed by atoms with Crippen molar-refractivity contribution in [2.24, 2.45) is 0 Å². The molecule has 0 fully saturated rings. The highest BCUT2D eigenvalue weighted by molar-refractivity contribution is 5.96. The summed E-state index contributed by atoms with van der Waals surface area (Å²) in [6.07, 6.45) is 3.43. The van der Waals surface area contributed by atoms with E-state index in [1.807, 2.05) is 25.1 Å². The zero-order valence-corrected chi connectivity index (χ0v) is 18.2. The number of aryl methyl sites for hydroxylation is 1. The van der Waals surface area contributed by atoms with E-state index in [1.165, 1.54) is 6.08 Å². The third kappa shape index (κ3) is 3.01. The van der Waals surface area contributed by atoms with Gasteiger partial charge in [0.05, 0.1) is 29.0 Å². The largest absolute Gasteiger partial charge is 0.478 e. The van der Waals surface area contributed by atoms with E-state index in [-0.39, 0.29) is 36.3 Å². The predicted octanol–water partition coefficient (Wildman–Crippen LogP) is 2.74. The topological polar surface area (TPSA) is 119 Å². The maximum Gasteiger partial charge on any atom is 0.343 e. The van der Waals surface area contributed by atoms with Crippen LogP contribution in [0.1, 0.15) is 48.1 Å². The van der Waals surface area contributed by atoms with Gasteiger partial charge in [0.2, 0.25) is 0 Å². The first kappa shape index (κ1) is 21.1. The van der Waals surface area contributed by atoms with Crippen molar-refractivity contribution in [1.29, 1.82) is 0 Å². The number of aliphatic hydroxyl groups is 1. The molecule has 0 amide bonds. The highest BCUT2D eigenvalue weighted by Crippen LogP contribution is 2.39. The molecule has 0 unspecified atom stereocenters. The lowest BCUT2D eigenvalue weighted by Gasteiger charge is -2.31. The molecule has 33 heavy (non-hydrogen) atoms. The molecule has 168 valence electrons. The fraction of sp³-hybridized carbons (Fsp3) is 0.280. The zero-order chi connectivity index (χ0) is 23.5. The van der Waals surface area contributed by atoms with Gasteiger partial charge in [-0.15, -0.1) is 0 Å². The van der Waals surface area contributed by atoms with Crippen molar-refractivity contribution in [2.45, 2.75) is 45.4 Å². The lowest BCUT2D eigenvalue weighted by atomic mass is 9.86. The Morgan fingerprint density at radius 2 is 2.06 bits per heavy atom. The van der Waals surface area contributed by atoms with Crippen LogP contribution in [0, 0.1) is 0 Å². The van der Waals surface area contributed by atoms with Gasteiger partial charge in [-0.1, -0.05) is 26.0 Å². The first-order chi connectivity index (χ1) is 15.8. The Hall–Kier alpha value is -3.78. The van der Waals surface area contributed by atoms with Crippen LogP contribution in [0.2, 0.25) is 0 Å². The molecule has 0 aliphatic carbocycles. The second kappa shape index (κ2) is 7.38. The molecule has 0 spiro atoms. The van der Waals surface area contributed by atoms with E-state index in [9.17, 15) is 19.5 Å². The van der Waals surface area contributed by atoms with Crippen LogP contribution in [-0.4, -0.2) is 31.7 Å². The molecular weight excluding hydrogens is 424 g/mol. The molecule has 2 N–H and O–H groups in total. The lowest BCUT2D eigenvalue weighted by molar-refractivity contribution is -0.172. The monoisotopic (exact) mass is 446 g/mol. The van der Waals surface area contributed by atoms with E-state index >= 15 is 0 Å². The average Bonchev–Trinajstić information content (AvgIpc) is 3.17. The molecule has 1 atom stereocenters. The molecule has 8 nitrogen and oxygen atoms in total. The lowest BCUT2D eigenvalue weighted by Crippen LogP contribution is -2.44. The summed E-state index contributed by atoms with van der Waals surface area (Å²) in [7, 11) is 0. The van der Waals surface area contributed by atoms with E-state index in [0.29, 0.717) is 11.4 Å². The summed E-state index contributed by atoms with van der Waals surface area (Å²) in [4.78, 5) is 41.6. The summed E-state index contributed by atoms with van der Waals surface area (Å²) in [5, 5.41) is 20.8. The molecule has 4 heterocycles. The first-order valence-electron chi connectivity index (χ1n) is 10.8. The minimum absolute atomic E-state index is 0.0823. The molecular formula is C25H22N2O6. The Bertz CT molecular complexity index is 1450. The molecule has 1 aromatic carbocycles. The molecule has 2 aliphatic rings. The summed E-state index contributed by atoms with van der Waals surface area (Å²) in [5.74, 6) is -1.80. The highest BCUT2D eigenvalue weighted by Gasteiger charge is 2.45. The van der Waals surface area contributed by atoms with Gasteiger partial charge >= 0.3 is 11.9 Å². The normalized spacial score (nSPS) is 18.8. The number of hydrogen-bond acceptors (Lipinski definition) is 6. The van der Waals surface area contributed by atoms with Crippen LogP contribution >= 0.6 is 0 Å². The number of carbonyl (C=O) groups excluding carboxylic acids is 1. The second-order valence-corrected chi connectivity index (χ2v) is 8.33. The fourth-order valence-electron chi connectivity index (χ4n) is 4.74. The summed E-state index contributed by atoms with van der Waals surface area (Å²) in [6.45, 7) is 3.79. The van der Waals surface area contributed by atoms with Crippen molar-refractivity contribution in [3.05, 3.63) is 68.5 Å². The number of aromatic nitrogens is 2. The highest BCUT2D eigenvalue weighted by atomic mass is 16.6. The summed E-state index contributed by atoms with van der Waals surface area (Å²) >= 11 is 0. The number of carboxylic acid groups (broad SMARTS) is 1. The van der Waals surface area contributed by atoms with E-state index in [2.05, 4.69) is 0 Å². The van der Waals surface area contributed by atoms with Crippen LogP contribution in [-0.2, 0) is 39.5 Å². The van der Waals surface area contributed by atoms with Crippen LogP contribution in [0.3, 0.4) is 0 Å². The third-order valence-electron chi connectivity index (χ3n) is 6.58. The fourth-order valence-corrected chi connectivity index (χ4v) is 4.74. The van der Waals surface area contributed by atoms with E-state index in [1.54, 1.807) is 17.6 Å². The average molecular weight is 446 g/mol. The molecule has 5 rings (SSSR count). The number of cyclic esters (lactones) is 1. The molecule has 0 saturated heterocycles. The van der Waals surface area contributed by atoms with Gasteiger partial charge in [0.15, 0.2) is 5.60 Å². The van der Waals surface area contributed by atoms with Crippen molar-refractivity contribution in [3.63, 3.8) is 0 Å². The number of aliphatic carboxylic acids is 1. The second-order valence-electron chi connectivity index (χ2n) is 8.33. The standard InChI is InChI=1S/C25H22N2O6/c1-3-13-5-6-14(7-8-20(28)29)16-9-15-11-27-19(22(15)26-21(13)16)10-18-17(23(27)30)12-33-24(31)25(18,32)4-2/h5-10,32H,3-4,11-12H2,1-2H3,(H,28,29)/b8-7+/t25-/m0/s1. The van der Waals surface area contributed by atoms with Gasteiger partial charge < -0.3 is 19.5 Å². The van der Waals surface area contributed by atoms with Gasteiger partial charge in [0, 0.05) is 22.6 Å². The van der Waals surface area contributed by atoms with Gasteiger partial charge in [-0.05, 0) is 42.2 Å². The number of benzene rings is 1. The number of fused-ring (bicyclic) bond motifs is 5. The number of rotatable bonds is 4. The van der Waals surface area contributed by atoms with Gasteiger partial charge in [-0.3, -0.25) is 4.79 Å². The van der Waals surface area contributed by atoms with Gasteiger partial charge in [0.25, 0.3) is 5.56 Å². The van der Waals surface area contributed by atoms with Crippen molar-refractivity contribution < 1.29 is 24.5 Å². The number of nitrogens with zero attached hydrogens (tertiary/aromatic N) is 2. The Morgan fingerprint density at radius 1 is 1.27 bits per heavy atom. The Morgan fingerprint density at radius 3 is 2.76 bits per heavy atom. The van der Waals surface area contributed by atoms with Crippen LogP contribution < -0.4 is 5.56 Å². The number of hydrogen-bond donors (Lipinski definition) is 2. The number of pyridine rings is 2. The Balaban J connectivity index is 1.77.